The van der Waals surface area contributed by atoms with Gasteiger partial charge < -0.3 is 0 Å². The van der Waals surface area contributed by atoms with E-state index in [0.717, 1.165) is 0 Å². The molecule has 0 nitrogen and oxygen atoms in total. The van der Waals surface area contributed by atoms with Gasteiger partial charge in [-0.05, 0) is 0 Å². The quantitative estimate of drug-likeness (QED) is 0.328. The Morgan fingerprint density at radius 3 is 2.40 bits per heavy atom. The third kappa shape index (κ3) is 3.53. The molecule has 2 rings (SSSR count). The second kappa shape index (κ2) is 7.73. The van der Waals surface area contributed by atoms with Crippen LogP contribution in [-0.4, -0.2) is 0 Å². The molecule has 1 aromatic rings. The Balaban J connectivity index is 1.97. The summed E-state index contributed by atoms with van der Waals surface area (Å²) in [6.45, 7) is 2.29. The van der Waals surface area contributed by atoms with Crippen LogP contribution in [0.5, 0.6) is 0 Å². The van der Waals surface area contributed by atoms with E-state index < -0.39 is 21.4 Å². The maximum atomic E-state index is 2.59. The van der Waals surface area contributed by atoms with Gasteiger partial charge in [-0.3, -0.25) is 0 Å². The minimum atomic E-state index is -1.51. The number of hydrogen-bond donors (Lipinski definition) is 0. The van der Waals surface area contributed by atoms with Gasteiger partial charge in [0, 0.05) is 0 Å². The van der Waals surface area contributed by atoms with Gasteiger partial charge >= 0.3 is 133 Å². The predicted octanol–water partition coefficient (Wildman–Crippen LogP) is 6.37. The van der Waals surface area contributed by atoms with Crippen molar-refractivity contribution in [1.29, 1.82) is 0 Å². The van der Waals surface area contributed by atoms with Crippen LogP contribution in [0.2, 0.25) is 9.36 Å². The molecule has 0 saturated heterocycles. The molecule has 0 saturated carbocycles. The number of allylic oxidation sites excluding steroid dienone is 1. The Labute approximate surface area is 133 Å². The molecule has 1 heteroatoms. The Morgan fingerprint density at radius 1 is 0.950 bits per heavy atom. The molecular weight excluding hydrogens is 407 g/mol. The molecule has 0 aliphatic heterocycles. The van der Waals surface area contributed by atoms with Gasteiger partial charge in [0.15, 0.2) is 0 Å². The van der Waals surface area contributed by atoms with E-state index in [1.54, 1.807) is 5.56 Å². The summed E-state index contributed by atoms with van der Waals surface area (Å²) in [4.78, 5) is 0. The topological polar surface area (TPSA) is 0 Å². The summed E-state index contributed by atoms with van der Waals surface area (Å²) in [7, 11) is 0. The summed E-state index contributed by atoms with van der Waals surface area (Å²) in [5, 5.41) is 0. The van der Waals surface area contributed by atoms with E-state index >= 15 is 0 Å². The first kappa shape index (κ1) is 16.2. The molecule has 0 heterocycles. The molecule has 20 heavy (non-hydrogen) atoms. The summed E-state index contributed by atoms with van der Waals surface area (Å²) in [6.07, 6.45) is 14.8. The molecule has 1 aliphatic carbocycles. The average molecular weight is 436 g/mol. The van der Waals surface area contributed by atoms with E-state index in [2.05, 4.69) is 52.7 Å². The molecule has 0 bridgehead atoms. The van der Waals surface area contributed by atoms with Gasteiger partial charge in [-0.15, -0.1) is 0 Å². The van der Waals surface area contributed by atoms with Crippen LogP contribution < -0.4 is 0 Å². The number of unbranched alkanes of at least 4 members (excludes halogenated alkanes) is 5. The summed E-state index contributed by atoms with van der Waals surface area (Å²) in [5.41, 5.74) is 3.14. The normalized spacial score (nSPS) is 20.1. The number of rotatable bonds is 8. The van der Waals surface area contributed by atoms with Gasteiger partial charge in [-0.25, -0.2) is 0 Å². The summed E-state index contributed by atoms with van der Waals surface area (Å²) in [5.74, 6) is 0. The van der Waals surface area contributed by atoms with E-state index in [4.69, 9.17) is 0 Å². The molecule has 0 fully saturated rings. The first-order valence-electron chi connectivity index (χ1n) is 8.30. The first-order valence-corrected chi connectivity index (χ1v) is 17.3. The van der Waals surface area contributed by atoms with Crippen molar-refractivity contribution in [2.45, 2.75) is 64.4 Å². The van der Waals surface area contributed by atoms with E-state index in [1.807, 2.05) is 0 Å². The summed E-state index contributed by atoms with van der Waals surface area (Å²) in [6, 6.07) is 9.10. The first-order chi connectivity index (χ1) is 9.70. The van der Waals surface area contributed by atoms with Crippen LogP contribution in [0.1, 0.15) is 63.0 Å². The Hall–Kier alpha value is -0.170. The van der Waals surface area contributed by atoms with Crippen molar-refractivity contribution < 1.29 is 21.4 Å². The molecule has 0 aromatic heterocycles. The van der Waals surface area contributed by atoms with Crippen LogP contribution in [0.3, 0.4) is 0 Å². The molecule has 0 spiro atoms. The second-order valence-electron chi connectivity index (χ2n) is 6.41. The molecule has 1 aliphatic rings. The predicted molar refractivity (Wildman–Crippen MR) is 86.9 cm³/mol. The van der Waals surface area contributed by atoms with Gasteiger partial charge in [0.2, 0.25) is 0 Å². The van der Waals surface area contributed by atoms with Gasteiger partial charge in [0.25, 0.3) is 0 Å². The summed E-state index contributed by atoms with van der Waals surface area (Å²) < 4.78 is 5.69. The Kier molecular flexibility index (Phi) is 6.26. The zero-order chi connectivity index (χ0) is 14.4. The molecule has 109 valence electrons. The van der Waals surface area contributed by atoms with Gasteiger partial charge in [0.05, 0.1) is 0 Å². The van der Waals surface area contributed by atoms with E-state index in [1.165, 1.54) is 50.5 Å². The third-order valence-electron chi connectivity index (χ3n) is 4.81. The van der Waals surface area contributed by atoms with Crippen LogP contribution in [0.15, 0.2) is 30.3 Å². The minimum absolute atomic E-state index is 0.506. The van der Waals surface area contributed by atoms with Gasteiger partial charge in [-0.2, -0.15) is 0 Å². The third-order valence-corrected chi connectivity index (χ3v) is 13.7. The number of benzene rings is 1. The van der Waals surface area contributed by atoms with Crippen LogP contribution in [0.4, 0.5) is 0 Å². The van der Waals surface area contributed by atoms with Crippen molar-refractivity contribution in [2.75, 3.05) is 0 Å². The molecular formula is C19H29Hf. The molecule has 1 atom stereocenters. The average Bonchev–Trinajstić information content (AvgIpc) is 2.83. The Morgan fingerprint density at radius 2 is 1.65 bits per heavy atom. The Bertz CT molecular complexity index is 447. The second-order valence-corrected chi connectivity index (χ2v) is 16.8. The number of hydrogen-bond acceptors (Lipinski definition) is 0. The standard InChI is InChI=1S/C17H23.2CH3.Hf/c1-2-3-4-5-6-7-10-15-13-14-16-11-8-9-12-17(15)16;;;/h8-9,11-14H,2-7,10H2,1H3;2*1H3;. The van der Waals surface area contributed by atoms with Crippen molar-refractivity contribution >= 4 is 6.08 Å². The van der Waals surface area contributed by atoms with Crippen LogP contribution >= 0.6 is 0 Å². The zero-order valence-corrected chi connectivity index (χ0v) is 17.0. The van der Waals surface area contributed by atoms with Crippen molar-refractivity contribution in [3.63, 3.8) is 0 Å². The van der Waals surface area contributed by atoms with E-state index in [9.17, 15) is 0 Å². The van der Waals surface area contributed by atoms with Gasteiger partial charge in [0.1, 0.15) is 0 Å². The molecule has 0 amide bonds. The molecule has 0 N–H and O–H groups in total. The fourth-order valence-corrected chi connectivity index (χ4v) is 10.1. The fraction of sp³-hybridized carbons (Fsp3) is 0.579. The van der Waals surface area contributed by atoms with E-state index in [-0.39, 0.29) is 0 Å². The van der Waals surface area contributed by atoms with Crippen LogP contribution in [0.25, 0.3) is 6.08 Å². The SMILES string of the molecule is CCCCCCCC[C]1([Hf]([CH3])[CH3])C=Cc2ccccc21. The number of fused-ring (bicyclic) bond motifs is 1. The van der Waals surface area contributed by atoms with Crippen molar-refractivity contribution in [3.8, 4) is 0 Å². The molecule has 1 unspecified atom stereocenters. The fourth-order valence-electron chi connectivity index (χ4n) is 3.46. The van der Waals surface area contributed by atoms with Crippen LogP contribution in [-0.2, 0) is 24.6 Å². The zero-order valence-electron chi connectivity index (χ0n) is 13.4. The van der Waals surface area contributed by atoms with Crippen molar-refractivity contribution in [3.05, 3.63) is 41.5 Å². The molecule has 1 aromatic carbocycles. The molecule has 0 radical (unpaired) electrons. The van der Waals surface area contributed by atoms with Crippen LogP contribution in [0, 0.1) is 0 Å². The van der Waals surface area contributed by atoms with E-state index in [0.29, 0.717) is 3.17 Å². The monoisotopic (exact) mass is 437 g/mol. The van der Waals surface area contributed by atoms with Crippen molar-refractivity contribution in [2.24, 2.45) is 0 Å². The van der Waals surface area contributed by atoms with Gasteiger partial charge in [-0.1, -0.05) is 0 Å². The van der Waals surface area contributed by atoms with Crippen molar-refractivity contribution in [1.82, 2.24) is 0 Å². The summed E-state index contributed by atoms with van der Waals surface area (Å²) >= 11 is -1.51. The maximum absolute atomic E-state index is 2.59.